The fourth-order valence-electron chi connectivity index (χ4n) is 1.79. The molecule has 1 fully saturated rings. The largest absolute Gasteiger partial charge is 0.369 e. The molecule has 0 atom stereocenters. The Morgan fingerprint density at radius 2 is 2.24 bits per heavy atom. The van der Waals surface area contributed by atoms with E-state index in [-0.39, 0.29) is 0 Å². The van der Waals surface area contributed by atoms with E-state index in [1.165, 1.54) is 12.8 Å². The molecule has 0 spiro atoms. The number of rotatable bonds is 4. The second-order valence-electron chi connectivity index (χ2n) is 4.95. The van der Waals surface area contributed by atoms with Crippen LogP contribution in [0.15, 0.2) is 11.4 Å². The first-order valence-corrected chi connectivity index (χ1v) is 6.75. The number of hydrogen-bond acceptors (Lipinski definition) is 5. The van der Waals surface area contributed by atoms with Crippen LogP contribution in [0.2, 0.25) is 0 Å². The van der Waals surface area contributed by atoms with Gasteiger partial charge in [0.2, 0.25) is 5.95 Å². The van der Waals surface area contributed by atoms with Crippen LogP contribution in [0.25, 0.3) is 10.2 Å². The van der Waals surface area contributed by atoms with E-state index in [2.05, 4.69) is 39.0 Å². The molecule has 1 saturated carbocycles. The fourth-order valence-corrected chi connectivity index (χ4v) is 2.55. The predicted octanol–water partition coefficient (Wildman–Crippen LogP) is 2.95. The fraction of sp³-hybridized carbons (Fsp3) is 0.500. The topological polar surface area (TPSA) is 49.8 Å². The van der Waals surface area contributed by atoms with Crippen LogP contribution < -0.4 is 10.6 Å². The van der Waals surface area contributed by atoms with Crippen LogP contribution >= 0.6 is 11.3 Å². The molecule has 2 N–H and O–H groups in total. The summed E-state index contributed by atoms with van der Waals surface area (Å²) in [4.78, 5) is 9.96. The monoisotopic (exact) mass is 248 g/mol. The molecular formula is C12H16N4S. The first kappa shape index (κ1) is 10.8. The predicted molar refractivity (Wildman–Crippen MR) is 72.8 cm³/mol. The summed E-state index contributed by atoms with van der Waals surface area (Å²) in [6, 6.07) is 2.08. The third-order valence-corrected chi connectivity index (χ3v) is 4.14. The number of anilines is 2. The molecule has 0 amide bonds. The zero-order chi connectivity index (χ0) is 11.9. The first-order chi connectivity index (χ1) is 8.20. The Morgan fingerprint density at radius 3 is 2.94 bits per heavy atom. The molecule has 2 aromatic rings. The van der Waals surface area contributed by atoms with Gasteiger partial charge in [-0.15, -0.1) is 11.3 Å². The van der Waals surface area contributed by atoms with Crippen LogP contribution in [0.3, 0.4) is 0 Å². The van der Waals surface area contributed by atoms with Crippen LogP contribution in [0, 0.1) is 5.41 Å². The van der Waals surface area contributed by atoms with Gasteiger partial charge in [0, 0.05) is 13.6 Å². The van der Waals surface area contributed by atoms with Crippen molar-refractivity contribution >= 4 is 33.3 Å². The minimum absolute atomic E-state index is 0.479. The van der Waals surface area contributed by atoms with Gasteiger partial charge in [-0.3, -0.25) is 0 Å². The molecule has 1 aliphatic rings. The maximum Gasteiger partial charge on any atom is 0.225 e. The molecule has 17 heavy (non-hydrogen) atoms. The zero-order valence-corrected chi connectivity index (χ0v) is 10.9. The Bertz CT molecular complexity index is 544. The molecule has 4 nitrogen and oxygen atoms in total. The van der Waals surface area contributed by atoms with Crippen molar-refractivity contribution in [3.8, 4) is 0 Å². The highest BCUT2D eigenvalue weighted by molar-refractivity contribution is 7.16. The second kappa shape index (κ2) is 3.84. The second-order valence-corrected chi connectivity index (χ2v) is 5.84. The molecule has 0 aromatic carbocycles. The van der Waals surface area contributed by atoms with Gasteiger partial charge in [0.1, 0.15) is 10.6 Å². The van der Waals surface area contributed by atoms with Crippen molar-refractivity contribution < 1.29 is 0 Å². The Balaban J connectivity index is 1.92. The highest BCUT2D eigenvalue weighted by atomic mass is 32.1. The van der Waals surface area contributed by atoms with Gasteiger partial charge < -0.3 is 10.6 Å². The highest BCUT2D eigenvalue weighted by Gasteiger charge is 2.37. The molecule has 0 aliphatic heterocycles. The van der Waals surface area contributed by atoms with E-state index in [1.807, 2.05) is 7.05 Å². The molecular weight excluding hydrogens is 232 g/mol. The van der Waals surface area contributed by atoms with Crippen LogP contribution in [0.4, 0.5) is 11.8 Å². The molecule has 90 valence electrons. The van der Waals surface area contributed by atoms with Crippen molar-refractivity contribution in [2.75, 3.05) is 24.2 Å². The van der Waals surface area contributed by atoms with Crippen molar-refractivity contribution in [2.45, 2.75) is 19.8 Å². The third kappa shape index (κ3) is 2.07. The number of thiophene rings is 1. The molecule has 0 saturated heterocycles. The molecule has 1 aliphatic carbocycles. The lowest BCUT2D eigenvalue weighted by Gasteiger charge is -2.12. The van der Waals surface area contributed by atoms with Gasteiger partial charge >= 0.3 is 0 Å². The van der Waals surface area contributed by atoms with Crippen molar-refractivity contribution in [1.29, 1.82) is 0 Å². The summed E-state index contributed by atoms with van der Waals surface area (Å²) in [7, 11) is 1.85. The van der Waals surface area contributed by atoms with E-state index in [9.17, 15) is 0 Å². The summed E-state index contributed by atoms with van der Waals surface area (Å²) in [5.41, 5.74) is 0.479. The van der Waals surface area contributed by atoms with Crippen molar-refractivity contribution in [3.63, 3.8) is 0 Å². The minimum atomic E-state index is 0.479. The molecule has 0 unspecified atom stereocenters. The lowest BCUT2D eigenvalue weighted by Crippen LogP contribution is -2.13. The quantitative estimate of drug-likeness (QED) is 0.873. The van der Waals surface area contributed by atoms with E-state index in [0.29, 0.717) is 11.4 Å². The van der Waals surface area contributed by atoms with Gasteiger partial charge in [0.05, 0.1) is 5.39 Å². The Kier molecular flexibility index (Phi) is 2.43. The molecule has 2 heterocycles. The van der Waals surface area contributed by atoms with Crippen LogP contribution in [0.5, 0.6) is 0 Å². The average Bonchev–Trinajstić information content (AvgIpc) is 2.90. The van der Waals surface area contributed by atoms with Gasteiger partial charge in [-0.25, -0.2) is 4.98 Å². The zero-order valence-electron chi connectivity index (χ0n) is 10.1. The minimum Gasteiger partial charge on any atom is -0.369 e. The van der Waals surface area contributed by atoms with Gasteiger partial charge in [-0.2, -0.15) is 4.98 Å². The van der Waals surface area contributed by atoms with Crippen LogP contribution in [-0.2, 0) is 0 Å². The molecule has 2 aromatic heterocycles. The average molecular weight is 248 g/mol. The van der Waals surface area contributed by atoms with Gasteiger partial charge in [0.15, 0.2) is 0 Å². The standard InChI is InChI=1S/C12H16N4S/c1-12(4-5-12)7-14-9-8-3-6-17-10(8)16-11(13-2)15-9/h3,6H,4-5,7H2,1-2H3,(H2,13,14,15,16). The van der Waals surface area contributed by atoms with E-state index in [4.69, 9.17) is 0 Å². The highest BCUT2D eigenvalue weighted by Crippen LogP contribution is 2.45. The molecule has 0 bridgehead atoms. The normalized spacial score (nSPS) is 17.1. The van der Waals surface area contributed by atoms with Gasteiger partial charge in [-0.1, -0.05) is 6.92 Å². The molecule has 3 rings (SSSR count). The number of hydrogen-bond donors (Lipinski definition) is 2. The van der Waals surface area contributed by atoms with Crippen LogP contribution in [0.1, 0.15) is 19.8 Å². The first-order valence-electron chi connectivity index (χ1n) is 5.87. The van der Waals surface area contributed by atoms with Crippen LogP contribution in [-0.4, -0.2) is 23.6 Å². The lowest BCUT2D eigenvalue weighted by atomic mass is 10.1. The smallest absolute Gasteiger partial charge is 0.225 e. The summed E-state index contributed by atoms with van der Waals surface area (Å²) >= 11 is 1.65. The number of nitrogens with zero attached hydrogens (tertiary/aromatic N) is 2. The van der Waals surface area contributed by atoms with Crippen molar-refractivity contribution in [3.05, 3.63) is 11.4 Å². The van der Waals surface area contributed by atoms with E-state index in [0.717, 1.165) is 22.6 Å². The van der Waals surface area contributed by atoms with Crippen molar-refractivity contribution in [2.24, 2.45) is 5.41 Å². The summed E-state index contributed by atoms with van der Waals surface area (Å²) in [5.74, 6) is 1.64. The molecule has 5 heteroatoms. The summed E-state index contributed by atoms with van der Waals surface area (Å²) < 4.78 is 0. The van der Waals surface area contributed by atoms with E-state index < -0.39 is 0 Å². The summed E-state index contributed by atoms with van der Waals surface area (Å²) in [6.45, 7) is 3.31. The number of fused-ring (bicyclic) bond motifs is 1. The SMILES string of the molecule is CNc1nc(NCC2(C)CC2)c2ccsc2n1. The maximum absolute atomic E-state index is 4.50. The summed E-state index contributed by atoms with van der Waals surface area (Å²) in [5, 5.41) is 9.65. The number of aromatic nitrogens is 2. The Morgan fingerprint density at radius 1 is 1.41 bits per heavy atom. The van der Waals surface area contributed by atoms with Gasteiger partial charge in [-0.05, 0) is 29.7 Å². The molecule has 0 radical (unpaired) electrons. The van der Waals surface area contributed by atoms with Gasteiger partial charge in [0.25, 0.3) is 0 Å². The lowest BCUT2D eigenvalue weighted by molar-refractivity contribution is 0.610. The Hall–Kier alpha value is -1.36. The third-order valence-electron chi connectivity index (χ3n) is 3.33. The summed E-state index contributed by atoms with van der Waals surface area (Å²) in [6.07, 6.45) is 2.63. The van der Waals surface area contributed by atoms with E-state index in [1.54, 1.807) is 11.3 Å². The van der Waals surface area contributed by atoms with Crippen molar-refractivity contribution in [1.82, 2.24) is 9.97 Å². The number of nitrogens with one attached hydrogen (secondary N) is 2. The Labute approximate surface area is 104 Å². The maximum atomic E-state index is 4.50. The van der Waals surface area contributed by atoms with E-state index >= 15 is 0 Å².